The van der Waals surface area contributed by atoms with Gasteiger partial charge in [0.15, 0.2) is 0 Å². The van der Waals surface area contributed by atoms with Crippen molar-refractivity contribution in [1.29, 1.82) is 0 Å². The monoisotopic (exact) mass is 244 g/mol. The third-order valence-corrected chi connectivity index (χ3v) is 4.21. The van der Waals surface area contributed by atoms with E-state index in [9.17, 15) is 4.79 Å². The Bertz CT molecular complexity index is 201. The minimum Gasteiger partial charge on any atom is -0.343 e. The molecule has 1 aliphatic rings. The van der Waals surface area contributed by atoms with Crippen LogP contribution in [0.15, 0.2) is 0 Å². The molecule has 1 N–H and O–H groups in total. The van der Waals surface area contributed by atoms with Crippen LogP contribution in [0.2, 0.25) is 0 Å². The number of nitrogens with one attached hydrogen (secondary N) is 1. The van der Waals surface area contributed by atoms with E-state index in [2.05, 4.69) is 5.32 Å². The van der Waals surface area contributed by atoms with Crippen LogP contribution >= 0.6 is 11.8 Å². The maximum Gasteiger partial charge on any atom is 0.222 e. The van der Waals surface area contributed by atoms with Crippen molar-refractivity contribution in [2.75, 3.05) is 31.1 Å². The predicted molar refractivity (Wildman–Crippen MR) is 70.9 cm³/mol. The van der Waals surface area contributed by atoms with E-state index in [4.69, 9.17) is 0 Å². The Morgan fingerprint density at radius 2 is 2.19 bits per heavy atom. The van der Waals surface area contributed by atoms with Crippen molar-refractivity contribution in [2.24, 2.45) is 0 Å². The van der Waals surface area contributed by atoms with Crippen LogP contribution in [-0.2, 0) is 4.79 Å². The number of hydrogen-bond donors (Lipinski definition) is 1. The van der Waals surface area contributed by atoms with E-state index < -0.39 is 0 Å². The lowest BCUT2D eigenvalue weighted by molar-refractivity contribution is -0.130. The zero-order chi connectivity index (χ0) is 11.8. The Hall–Kier alpha value is -0.220. The summed E-state index contributed by atoms with van der Waals surface area (Å²) < 4.78 is 0. The van der Waals surface area contributed by atoms with Crippen molar-refractivity contribution in [3.05, 3.63) is 0 Å². The second-order valence-electron chi connectivity index (χ2n) is 4.18. The Morgan fingerprint density at radius 3 is 2.75 bits per heavy atom. The maximum absolute atomic E-state index is 11.7. The van der Waals surface area contributed by atoms with E-state index >= 15 is 0 Å². The highest BCUT2D eigenvalue weighted by atomic mass is 32.2. The highest BCUT2D eigenvalue weighted by Gasteiger charge is 2.14. The van der Waals surface area contributed by atoms with Gasteiger partial charge in [0.1, 0.15) is 0 Å². The van der Waals surface area contributed by atoms with Gasteiger partial charge in [0.05, 0.1) is 0 Å². The van der Waals surface area contributed by atoms with Crippen molar-refractivity contribution in [1.82, 2.24) is 10.2 Å². The van der Waals surface area contributed by atoms with E-state index in [-0.39, 0.29) is 0 Å². The predicted octanol–water partition coefficient (Wildman–Crippen LogP) is 1.73. The molecule has 1 saturated heterocycles. The second kappa shape index (κ2) is 7.96. The number of nitrogens with zero attached hydrogens (tertiary/aromatic N) is 1. The Labute approximate surface area is 103 Å². The third-order valence-electron chi connectivity index (χ3n) is 3.05. The molecule has 0 aromatic rings. The minimum absolute atomic E-state index is 0.299. The first-order chi connectivity index (χ1) is 7.77. The lowest BCUT2D eigenvalue weighted by atomic mass is 10.2. The van der Waals surface area contributed by atoms with Gasteiger partial charge in [0.25, 0.3) is 0 Å². The van der Waals surface area contributed by atoms with Gasteiger partial charge in [0.2, 0.25) is 5.91 Å². The van der Waals surface area contributed by atoms with Gasteiger partial charge < -0.3 is 10.2 Å². The summed E-state index contributed by atoms with van der Waals surface area (Å²) in [6.45, 7) is 6.73. The summed E-state index contributed by atoms with van der Waals surface area (Å²) in [4.78, 5) is 13.6. The first-order valence-electron chi connectivity index (χ1n) is 6.36. The Morgan fingerprint density at radius 1 is 1.44 bits per heavy atom. The van der Waals surface area contributed by atoms with E-state index in [1.165, 1.54) is 17.9 Å². The molecular weight excluding hydrogens is 220 g/mol. The molecule has 1 fully saturated rings. The number of rotatable bonds is 7. The first-order valence-corrected chi connectivity index (χ1v) is 7.52. The van der Waals surface area contributed by atoms with Crippen LogP contribution in [0.4, 0.5) is 0 Å². The van der Waals surface area contributed by atoms with Crippen LogP contribution in [-0.4, -0.2) is 48.0 Å². The van der Waals surface area contributed by atoms with E-state index in [1.54, 1.807) is 0 Å². The van der Waals surface area contributed by atoms with Gasteiger partial charge in [-0.25, -0.2) is 0 Å². The molecule has 1 rings (SSSR count). The summed E-state index contributed by atoms with van der Waals surface area (Å²) in [5.41, 5.74) is 0. The largest absolute Gasteiger partial charge is 0.343 e. The lowest BCUT2D eigenvalue weighted by Gasteiger charge is -2.18. The molecule has 0 spiro atoms. The van der Waals surface area contributed by atoms with Gasteiger partial charge in [-0.05, 0) is 39.0 Å². The molecule has 0 aromatic heterocycles. The van der Waals surface area contributed by atoms with Gasteiger partial charge in [-0.3, -0.25) is 4.79 Å². The SMILES string of the molecule is CCN(CC)C(=O)CCCNC1CCSC1. The molecule has 1 aliphatic heterocycles. The number of carbonyl (C=O) groups excluding carboxylic acids is 1. The van der Waals surface area contributed by atoms with Crippen molar-refractivity contribution in [2.45, 2.75) is 39.2 Å². The zero-order valence-electron chi connectivity index (χ0n) is 10.5. The van der Waals surface area contributed by atoms with Crippen LogP contribution in [0.25, 0.3) is 0 Å². The highest BCUT2D eigenvalue weighted by Crippen LogP contribution is 2.16. The molecule has 1 unspecified atom stereocenters. The molecule has 1 heterocycles. The van der Waals surface area contributed by atoms with Crippen molar-refractivity contribution in [3.8, 4) is 0 Å². The van der Waals surface area contributed by atoms with Gasteiger partial charge in [-0.15, -0.1) is 0 Å². The number of thioether (sulfide) groups is 1. The number of amides is 1. The Kier molecular flexibility index (Phi) is 6.88. The first kappa shape index (κ1) is 13.8. The van der Waals surface area contributed by atoms with E-state index in [1.807, 2.05) is 30.5 Å². The molecule has 0 aromatic carbocycles. The molecule has 16 heavy (non-hydrogen) atoms. The summed E-state index contributed by atoms with van der Waals surface area (Å²) in [6, 6.07) is 0.688. The average Bonchev–Trinajstić information content (AvgIpc) is 2.79. The molecule has 0 aliphatic carbocycles. The molecular formula is C12H24N2OS. The third kappa shape index (κ3) is 4.74. The Balaban J connectivity index is 2.03. The van der Waals surface area contributed by atoms with Crippen molar-refractivity contribution in [3.63, 3.8) is 0 Å². The fraction of sp³-hybridized carbons (Fsp3) is 0.917. The van der Waals surface area contributed by atoms with Crippen molar-refractivity contribution >= 4 is 17.7 Å². The zero-order valence-corrected chi connectivity index (χ0v) is 11.3. The topological polar surface area (TPSA) is 32.3 Å². The second-order valence-corrected chi connectivity index (χ2v) is 5.33. The summed E-state index contributed by atoms with van der Waals surface area (Å²) in [6.07, 6.45) is 2.94. The molecule has 1 amide bonds. The van der Waals surface area contributed by atoms with Crippen molar-refractivity contribution < 1.29 is 4.79 Å². The van der Waals surface area contributed by atoms with Crippen LogP contribution < -0.4 is 5.32 Å². The molecule has 1 atom stereocenters. The fourth-order valence-electron chi connectivity index (χ4n) is 1.98. The summed E-state index contributed by atoms with van der Waals surface area (Å²) >= 11 is 2.02. The summed E-state index contributed by atoms with van der Waals surface area (Å²) in [7, 11) is 0. The molecule has 94 valence electrons. The molecule has 3 nitrogen and oxygen atoms in total. The maximum atomic E-state index is 11.7. The average molecular weight is 244 g/mol. The minimum atomic E-state index is 0.299. The number of carbonyl (C=O) groups is 1. The molecule has 4 heteroatoms. The van der Waals surface area contributed by atoms with E-state index in [0.717, 1.165) is 26.1 Å². The standard InChI is InChI=1S/C12H24N2OS/c1-3-14(4-2)12(15)6-5-8-13-11-7-9-16-10-11/h11,13H,3-10H2,1-2H3. The van der Waals surface area contributed by atoms with Crippen LogP contribution in [0.1, 0.15) is 33.1 Å². The van der Waals surface area contributed by atoms with Crippen LogP contribution in [0.5, 0.6) is 0 Å². The quantitative estimate of drug-likeness (QED) is 0.692. The molecule has 0 radical (unpaired) electrons. The van der Waals surface area contributed by atoms with Gasteiger partial charge >= 0.3 is 0 Å². The highest BCUT2D eigenvalue weighted by molar-refractivity contribution is 7.99. The van der Waals surface area contributed by atoms with Gasteiger partial charge in [0, 0.05) is 31.3 Å². The summed E-state index contributed by atoms with van der Waals surface area (Å²) in [5, 5.41) is 3.52. The number of hydrogen-bond acceptors (Lipinski definition) is 3. The smallest absolute Gasteiger partial charge is 0.222 e. The van der Waals surface area contributed by atoms with Gasteiger partial charge in [-0.1, -0.05) is 0 Å². The lowest BCUT2D eigenvalue weighted by Crippen LogP contribution is -2.33. The van der Waals surface area contributed by atoms with Crippen LogP contribution in [0, 0.1) is 0 Å². The molecule has 0 saturated carbocycles. The normalized spacial score (nSPS) is 20.0. The van der Waals surface area contributed by atoms with E-state index in [0.29, 0.717) is 18.4 Å². The van der Waals surface area contributed by atoms with Gasteiger partial charge in [-0.2, -0.15) is 11.8 Å². The molecule has 0 bridgehead atoms. The summed E-state index contributed by atoms with van der Waals surface area (Å²) in [5.74, 6) is 2.83. The van der Waals surface area contributed by atoms with Crippen LogP contribution in [0.3, 0.4) is 0 Å². The fourth-order valence-corrected chi connectivity index (χ4v) is 3.16.